The number of nitrogens with one attached hydrogen (secondary N) is 1. The molecule has 2 nitrogen and oxygen atoms in total. The van der Waals surface area contributed by atoms with Crippen LogP contribution in [0.2, 0.25) is 0 Å². The normalized spacial score (nSPS) is 25.7. The highest BCUT2D eigenvalue weighted by molar-refractivity contribution is 4.88. The molecule has 108 valence electrons. The summed E-state index contributed by atoms with van der Waals surface area (Å²) >= 11 is 0. The SMILES string of the molecule is CC(C)C1CCCN1C(C)C(C)CNC(C)(C)C. The first-order valence-electron chi connectivity index (χ1n) is 7.73. The first-order chi connectivity index (χ1) is 8.22. The maximum absolute atomic E-state index is 3.64. The van der Waals surface area contributed by atoms with Crippen molar-refractivity contribution in [1.82, 2.24) is 10.2 Å². The largest absolute Gasteiger partial charge is 0.312 e. The maximum atomic E-state index is 3.64. The van der Waals surface area contributed by atoms with Crippen LogP contribution in [0, 0.1) is 11.8 Å². The smallest absolute Gasteiger partial charge is 0.0122 e. The van der Waals surface area contributed by atoms with Gasteiger partial charge in [-0.15, -0.1) is 0 Å². The average Bonchev–Trinajstić information content (AvgIpc) is 2.72. The molecule has 0 aliphatic carbocycles. The minimum absolute atomic E-state index is 0.233. The standard InChI is InChI=1S/C16H34N2/c1-12(2)15-9-8-10-18(15)14(4)13(3)11-17-16(5,6)7/h12-15,17H,8-11H2,1-7H3. The van der Waals surface area contributed by atoms with Crippen molar-refractivity contribution in [3.63, 3.8) is 0 Å². The van der Waals surface area contributed by atoms with Crippen molar-refractivity contribution < 1.29 is 0 Å². The molecule has 3 unspecified atom stereocenters. The van der Waals surface area contributed by atoms with E-state index in [4.69, 9.17) is 0 Å². The van der Waals surface area contributed by atoms with E-state index in [1.807, 2.05) is 0 Å². The van der Waals surface area contributed by atoms with Crippen molar-refractivity contribution >= 4 is 0 Å². The average molecular weight is 254 g/mol. The van der Waals surface area contributed by atoms with Crippen LogP contribution in [0.4, 0.5) is 0 Å². The highest BCUT2D eigenvalue weighted by atomic mass is 15.2. The minimum Gasteiger partial charge on any atom is -0.312 e. The molecule has 0 saturated carbocycles. The highest BCUT2D eigenvalue weighted by Gasteiger charge is 2.32. The zero-order chi connectivity index (χ0) is 13.9. The van der Waals surface area contributed by atoms with E-state index in [0.29, 0.717) is 12.0 Å². The third-order valence-corrected chi connectivity index (χ3v) is 4.41. The molecule has 1 heterocycles. The molecule has 0 spiro atoms. The van der Waals surface area contributed by atoms with Gasteiger partial charge in [-0.25, -0.2) is 0 Å². The first-order valence-corrected chi connectivity index (χ1v) is 7.73. The Hall–Kier alpha value is -0.0800. The van der Waals surface area contributed by atoms with Crippen molar-refractivity contribution in [2.75, 3.05) is 13.1 Å². The van der Waals surface area contributed by atoms with Crippen molar-refractivity contribution in [2.45, 2.75) is 78.9 Å². The van der Waals surface area contributed by atoms with Crippen LogP contribution in [0.25, 0.3) is 0 Å². The zero-order valence-corrected chi connectivity index (χ0v) is 13.6. The quantitative estimate of drug-likeness (QED) is 0.807. The van der Waals surface area contributed by atoms with Gasteiger partial charge in [0.05, 0.1) is 0 Å². The van der Waals surface area contributed by atoms with E-state index in [-0.39, 0.29) is 5.54 Å². The molecule has 0 aromatic rings. The Labute approximate surface area is 115 Å². The second-order valence-corrected chi connectivity index (χ2v) is 7.54. The maximum Gasteiger partial charge on any atom is 0.0122 e. The minimum atomic E-state index is 0.233. The van der Waals surface area contributed by atoms with Crippen LogP contribution in [-0.4, -0.2) is 35.6 Å². The lowest BCUT2D eigenvalue weighted by molar-refractivity contribution is 0.116. The molecule has 1 fully saturated rings. The molecule has 1 saturated heterocycles. The summed E-state index contributed by atoms with van der Waals surface area (Å²) in [5.74, 6) is 1.50. The molecular formula is C16H34N2. The van der Waals surface area contributed by atoms with E-state index in [1.54, 1.807) is 0 Å². The lowest BCUT2D eigenvalue weighted by Crippen LogP contribution is -2.47. The van der Waals surface area contributed by atoms with Gasteiger partial charge in [0.25, 0.3) is 0 Å². The molecule has 1 aliphatic rings. The zero-order valence-electron chi connectivity index (χ0n) is 13.6. The molecule has 1 rings (SSSR count). The van der Waals surface area contributed by atoms with E-state index >= 15 is 0 Å². The van der Waals surface area contributed by atoms with Crippen LogP contribution in [0.15, 0.2) is 0 Å². The van der Waals surface area contributed by atoms with Crippen LogP contribution in [0.5, 0.6) is 0 Å². The monoisotopic (exact) mass is 254 g/mol. The van der Waals surface area contributed by atoms with Gasteiger partial charge in [0, 0.05) is 17.6 Å². The third-order valence-electron chi connectivity index (χ3n) is 4.41. The molecule has 1 aliphatic heterocycles. The van der Waals surface area contributed by atoms with E-state index in [2.05, 4.69) is 58.7 Å². The predicted molar refractivity (Wildman–Crippen MR) is 80.9 cm³/mol. The second-order valence-electron chi connectivity index (χ2n) is 7.54. The summed E-state index contributed by atoms with van der Waals surface area (Å²) in [7, 11) is 0. The highest BCUT2D eigenvalue weighted by Crippen LogP contribution is 2.28. The van der Waals surface area contributed by atoms with Crippen LogP contribution >= 0.6 is 0 Å². The van der Waals surface area contributed by atoms with E-state index < -0.39 is 0 Å². The van der Waals surface area contributed by atoms with E-state index in [9.17, 15) is 0 Å². The predicted octanol–water partition coefficient (Wildman–Crippen LogP) is 3.52. The van der Waals surface area contributed by atoms with Crippen LogP contribution in [-0.2, 0) is 0 Å². The van der Waals surface area contributed by atoms with Crippen molar-refractivity contribution in [2.24, 2.45) is 11.8 Å². The number of rotatable bonds is 5. The summed E-state index contributed by atoms with van der Waals surface area (Å²) in [5.41, 5.74) is 0.233. The molecule has 18 heavy (non-hydrogen) atoms. The van der Waals surface area contributed by atoms with Crippen molar-refractivity contribution in [3.05, 3.63) is 0 Å². The van der Waals surface area contributed by atoms with Gasteiger partial charge in [-0.2, -0.15) is 0 Å². The fourth-order valence-electron chi connectivity index (χ4n) is 3.00. The molecule has 2 heteroatoms. The fraction of sp³-hybridized carbons (Fsp3) is 1.00. The summed E-state index contributed by atoms with van der Waals surface area (Å²) < 4.78 is 0. The molecule has 0 bridgehead atoms. The molecule has 3 atom stereocenters. The van der Waals surface area contributed by atoms with Crippen LogP contribution in [0.1, 0.15) is 61.3 Å². The van der Waals surface area contributed by atoms with Crippen molar-refractivity contribution in [1.29, 1.82) is 0 Å². The Morgan fingerprint density at radius 3 is 2.28 bits per heavy atom. The van der Waals surface area contributed by atoms with E-state index in [1.165, 1.54) is 19.4 Å². The van der Waals surface area contributed by atoms with Gasteiger partial charge < -0.3 is 5.32 Å². The number of nitrogens with zero attached hydrogens (tertiary/aromatic N) is 1. The summed E-state index contributed by atoms with van der Waals surface area (Å²) in [6.45, 7) is 18.7. The number of hydrogen-bond acceptors (Lipinski definition) is 2. The molecule has 0 aromatic carbocycles. The molecular weight excluding hydrogens is 220 g/mol. The topological polar surface area (TPSA) is 15.3 Å². The Morgan fingerprint density at radius 2 is 1.78 bits per heavy atom. The van der Waals surface area contributed by atoms with Gasteiger partial charge >= 0.3 is 0 Å². The number of hydrogen-bond donors (Lipinski definition) is 1. The summed E-state index contributed by atoms with van der Waals surface area (Å²) in [6.07, 6.45) is 2.77. The lowest BCUT2D eigenvalue weighted by atomic mass is 9.96. The van der Waals surface area contributed by atoms with Gasteiger partial charge in [0.2, 0.25) is 0 Å². The molecule has 0 amide bonds. The van der Waals surface area contributed by atoms with Gasteiger partial charge in [-0.1, -0.05) is 20.8 Å². The van der Waals surface area contributed by atoms with Crippen molar-refractivity contribution in [3.8, 4) is 0 Å². The molecule has 0 aromatic heterocycles. The van der Waals surface area contributed by atoms with Gasteiger partial charge in [0.15, 0.2) is 0 Å². The summed E-state index contributed by atoms with van der Waals surface area (Å²) in [6, 6.07) is 1.49. The molecule has 0 radical (unpaired) electrons. The number of likely N-dealkylation sites (tertiary alicyclic amines) is 1. The first kappa shape index (κ1) is 16.0. The van der Waals surface area contributed by atoms with Gasteiger partial charge in [0.1, 0.15) is 0 Å². The fourth-order valence-corrected chi connectivity index (χ4v) is 3.00. The van der Waals surface area contributed by atoms with E-state index in [0.717, 1.165) is 18.5 Å². The van der Waals surface area contributed by atoms with Gasteiger partial charge in [-0.05, 0) is 65.5 Å². The Morgan fingerprint density at radius 1 is 1.17 bits per heavy atom. The second kappa shape index (κ2) is 6.38. The summed E-state index contributed by atoms with van der Waals surface area (Å²) in [5, 5.41) is 3.64. The van der Waals surface area contributed by atoms with Gasteiger partial charge in [-0.3, -0.25) is 4.90 Å². The summed E-state index contributed by atoms with van der Waals surface area (Å²) in [4.78, 5) is 2.75. The van der Waals surface area contributed by atoms with Crippen LogP contribution < -0.4 is 5.32 Å². The lowest BCUT2D eigenvalue weighted by Gasteiger charge is -2.37. The Bertz CT molecular complexity index is 242. The third kappa shape index (κ3) is 4.55. The Balaban J connectivity index is 2.50. The Kier molecular flexibility index (Phi) is 5.67. The van der Waals surface area contributed by atoms with Crippen LogP contribution in [0.3, 0.4) is 0 Å². The molecule has 1 N–H and O–H groups in total.